The lowest BCUT2D eigenvalue weighted by molar-refractivity contribution is 0.164. The van der Waals surface area contributed by atoms with E-state index in [0.717, 1.165) is 30.2 Å². The van der Waals surface area contributed by atoms with Gasteiger partial charge in [0.25, 0.3) is 0 Å². The first kappa shape index (κ1) is 22.7. The summed E-state index contributed by atoms with van der Waals surface area (Å²) < 4.78 is 48.2. The van der Waals surface area contributed by atoms with Gasteiger partial charge in [-0.25, -0.2) is 12.8 Å². The molecule has 2 aliphatic rings. The van der Waals surface area contributed by atoms with E-state index >= 15 is 0 Å². The van der Waals surface area contributed by atoms with Crippen LogP contribution >= 0.6 is 0 Å². The highest BCUT2D eigenvalue weighted by molar-refractivity contribution is 7.92. The number of halogens is 1. The van der Waals surface area contributed by atoms with Gasteiger partial charge in [-0.2, -0.15) is 0 Å². The number of benzene rings is 2. The molecule has 0 amide bonds. The van der Waals surface area contributed by atoms with Crippen LogP contribution in [0.4, 0.5) is 10.1 Å². The number of rotatable bonds is 9. The van der Waals surface area contributed by atoms with Crippen LogP contribution in [0.3, 0.4) is 0 Å². The van der Waals surface area contributed by atoms with Crippen LogP contribution < -0.4 is 10.0 Å². The fourth-order valence-electron chi connectivity index (χ4n) is 4.28. The summed E-state index contributed by atoms with van der Waals surface area (Å²) in [6.07, 6.45) is 3.48. The Bertz CT molecular complexity index is 1340. The zero-order chi connectivity index (χ0) is 23.9. The van der Waals surface area contributed by atoms with E-state index in [1.54, 1.807) is 18.2 Å². The van der Waals surface area contributed by atoms with Crippen LogP contribution in [0.25, 0.3) is 22.3 Å². The largest absolute Gasteiger partial charge is 0.455 e. The highest BCUT2D eigenvalue weighted by atomic mass is 32.2. The number of nitrogens with zero attached hydrogens (tertiary/aromatic N) is 1. The predicted octanol–water partition coefficient (Wildman–Crippen LogP) is 5.53. The van der Waals surface area contributed by atoms with Crippen LogP contribution in [0.5, 0.6) is 0 Å². The molecule has 34 heavy (non-hydrogen) atoms. The van der Waals surface area contributed by atoms with Gasteiger partial charge in [0.05, 0.1) is 17.0 Å². The van der Waals surface area contributed by atoms with Crippen LogP contribution in [0.1, 0.15) is 56.6 Å². The molecule has 0 bridgehead atoms. The van der Waals surface area contributed by atoms with Crippen LogP contribution in [0, 0.1) is 11.7 Å². The third kappa shape index (κ3) is 4.75. The molecule has 1 aliphatic heterocycles. The third-order valence-electron chi connectivity index (χ3n) is 6.14. The summed E-state index contributed by atoms with van der Waals surface area (Å²) >= 11 is 0. The standard InChI is InChI=1S/C25H28FN3O4S/c1-15(2)4-3-11-34(30,31)29-21-13-22-20(12-19(21)16-5-6-16)23(25-27-14-32-28-25)24(33-22)17-7-9-18(26)10-8-17/h7-10,12-13,15-16,29H,3-6,11,14H2,1-2H3,(H,27,28). The molecule has 1 aromatic heterocycles. The first-order valence-corrected chi connectivity index (χ1v) is 13.3. The Balaban J connectivity index is 1.59. The van der Waals surface area contributed by atoms with Gasteiger partial charge in [-0.15, -0.1) is 0 Å². The molecule has 1 aliphatic carbocycles. The third-order valence-corrected chi connectivity index (χ3v) is 7.50. The summed E-state index contributed by atoms with van der Waals surface area (Å²) in [4.78, 5) is 5.16. The van der Waals surface area contributed by atoms with Crippen molar-refractivity contribution in [1.82, 2.24) is 5.32 Å². The second-order valence-corrected chi connectivity index (χ2v) is 11.2. The molecule has 2 heterocycles. The van der Waals surface area contributed by atoms with Gasteiger partial charge in [0, 0.05) is 17.0 Å². The smallest absolute Gasteiger partial charge is 0.232 e. The highest BCUT2D eigenvalue weighted by Gasteiger charge is 2.31. The molecule has 2 aromatic carbocycles. The maximum absolute atomic E-state index is 13.5. The Morgan fingerprint density at radius 1 is 1.21 bits per heavy atom. The number of anilines is 1. The number of amidine groups is 1. The molecule has 2 N–H and O–H groups in total. The number of hydrogen-bond acceptors (Lipinski definition) is 6. The van der Waals surface area contributed by atoms with Crippen LogP contribution in [-0.4, -0.2) is 26.7 Å². The molecular formula is C25H28FN3O4S. The molecule has 1 fully saturated rings. The molecule has 180 valence electrons. The van der Waals surface area contributed by atoms with E-state index in [-0.39, 0.29) is 18.3 Å². The predicted molar refractivity (Wildman–Crippen MR) is 131 cm³/mol. The van der Waals surface area contributed by atoms with Gasteiger partial charge >= 0.3 is 0 Å². The van der Waals surface area contributed by atoms with Crippen molar-refractivity contribution in [3.05, 3.63) is 53.3 Å². The number of nitrogens with one attached hydrogen (secondary N) is 2. The minimum atomic E-state index is -3.49. The van der Waals surface area contributed by atoms with E-state index in [9.17, 15) is 12.8 Å². The van der Waals surface area contributed by atoms with Crippen molar-refractivity contribution in [1.29, 1.82) is 0 Å². The molecule has 3 aromatic rings. The van der Waals surface area contributed by atoms with Gasteiger partial charge in [0.1, 0.15) is 17.2 Å². The molecular weight excluding hydrogens is 457 g/mol. The van der Waals surface area contributed by atoms with Gasteiger partial charge in [-0.3, -0.25) is 4.72 Å². The van der Waals surface area contributed by atoms with Crippen molar-refractivity contribution < 1.29 is 22.1 Å². The van der Waals surface area contributed by atoms with Crippen LogP contribution in [-0.2, 0) is 14.9 Å². The van der Waals surface area contributed by atoms with E-state index < -0.39 is 10.0 Å². The first-order chi connectivity index (χ1) is 16.3. The van der Waals surface area contributed by atoms with Crippen molar-refractivity contribution in [2.24, 2.45) is 11.1 Å². The van der Waals surface area contributed by atoms with Crippen molar-refractivity contribution in [3.8, 4) is 11.3 Å². The lowest BCUT2D eigenvalue weighted by Crippen LogP contribution is -2.19. The Morgan fingerprint density at radius 3 is 2.62 bits per heavy atom. The van der Waals surface area contributed by atoms with E-state index in [1.165, 1.54) is 12.1 Å². The fourth-order valence-corrected chi connectivity index (χ4v) is 5.44. The second-order valence-electron chi connectivity index (χ2n) is 9.37. The molecule has 1 saturated carbocycles. The summed E-state index contributed by atoms with van der Waals surface area (Å²) in [5.74, 6) is 1.54. The Hall–Kier alpha value is -3.07. The average molecular weight is 486 g/mol. The van der Waals surface area contributed by atoms with E-state index in [0.29, 0.717) is 52.2 Å². The lowest BCUT2D eigenvalue weighted by atomic mass is 10.0. The number of furan rings is 1. The van der Waals surface area contributed by atoms with Crippen molar-refractivity contribution >= 4 is 32.5 Å². The SMILES string of the molecule is CC(C)CCCS(=O)(=O)Nc1cc2oc(-c3ccc(F)cc3)c(C3=NOCN3)c2cc1C1CC1. The Morgan fingerprint density at radius 2 is 1.97 bits per heavy atom. The molecule has 0 radical (unpaired) electrons. The average Bonchev–Trinajstić information content (AvgIpc) is 3.34. The Labute approximate surface area is 198 Å². The molecule has 0 saturated heterocycles. The molecule has 7 nitrogen and oxygen atoms in total. The van der Waals surface area contributed by atoms with Gasteiger partial charge in [0.2, 0.25) is 10.0 Å². The number of fused-ring (bicyclic) bond motifs is 1. The van der Waals surface area contributed by atoms with Gasteiger partial charge in [-0.05, 0) is 73.4 Å². The van der Waals surface area contributed by atoms with E-state index in [4.69, 9.17) is 9.25 Å². The topological polar surface area (TPSA) is 92.9 Å². The van der Waals surface area contributed by atoms with Gasteiger partial charge in [-0.1, -0.05) is 19.0 Å². The fraction of sp³-hybridized carbons (Fsp3) is 0.400. The summed E-state index contributed by atoms with van der Waals surface area (Å²) in [6, 6.07) is 9.79. The van der Waals surface area contributed by atoms with Crippen LogP contribution in [0.15, 0.2) is 46.0 Å². The van der Waals surface area contributed by atoms with E-state index in [2.05, 4.69) is 29.0 Å². The first-order valence-electron chi connectivity index (χ1n) is 11.6. The van der Waals surface area contributed by atoms with Crippen molar-refractivity contribution in [3.63, 3.8) is 0 Å². The zero-order valence-corrected chi connectivity index (χ0v) is 20.0. The molecule has 5 rings (SSSR count). The monoisotopic (exact) mass is 485 g/mol. The minimum Gasteiger partial charge on any atom is -0.455 e. The Kier molecular flexibility index (Phi) is 5.97. The summed E-state index contributed by atoms with van der Waals surface area (Å²) in [7, 11) is -3.49. The van der Waals surface area contributed by atoms with Gasteiger partial charge < -0.3 is 14.6 Å². The van der Waals surface area contributed by atoms with Crippen molar-refractivity contribution in [2.45, 2.75) is 45.4 Å². The normalized spacial score (nSPS) is 15.9. The summed E-state index contributed by atoms with van der Waals surface area (Å²) in [5, 5.41) is 8.02. The van der Waals surface area contributed by atoms with Gasteiger partial charge in [0.15, 0.2) is 12.6 Å². The molecule has 9 heteroatoms. The molecule has 0 atom stereocenters. The maximum Gasteiger partial charge on any atom is 0.232 e. The highest BCUT2D eigenvalue weighted by Crippen LogP contribution is 2.47. The quantitative estimate of drug-likeness (QED) is 0.416. The lowest BCUT2D eigenvalue weighted by Gasteiger charge is -2.13. The summed E-state index contributed by atoms with van der Waals surface area (Å²) in [6.45, 7) is 4.41. The molecule has 0 unspecified atom stereocenters. The minimum absolute atomic E-state index is 0.0790. The maximum atomic E-state index is 13.5. The summed E-state index contributed by atoms with van der Waals surface area (Å²) in [5.41, 5.74) is 3.44. The van der Waals surface area contributed by atoms with E-state index in [1.807, 2.05) is 6.07 Å². The molecule has 0 spiro atoms. The number of sulfonamides is 1. The van der Waals surface area contributed by atoms with Crippen molar-refractivity contribution in [2.75, 3.05) is 17.2 Å². The number of oxime groups is 1. The number of hydrogen-bond donors (Lipinski definition) is 2. The second kappa shape index (κ2) is 8.94. The zero-order valence-electron chi connectivity index (χ0n) is 19.2. The van der Waals surface area contributed by atoms with Crippen LogP contribution in [0.2, 0.25) is 0 Å².